The van der Waals surface area contributed by atoms with Crippen molar-refractivity contribution in [2.24, 2.45) is 0 Å². The number of para-hydroxylation sites is 2. The largest absolute Gasteiger partial charge is 0.457 e. The van der Waals surface area contributed by atoms with Crippen LogP contribution in [0.3, 0.4) is 0 Å². The Labute approximate surface area is 401 Å². The van der Waals surface area contributed by atoms with Crippen molar-refractivity contribution in [2.75, 3.05) is 0 Å². The molecule has 2 spiro atoms. The van der Waals surface area contributed by atoms with E-state index in [-0.39, 0.29) is 10.8 Å². The first kappa shape index (κ1) is 41.1. The number of ether oxygens (including phenoxy) is 1. The second kappa shape index (κ2) is 14.7. The first-order chi connectivity index (χ1) is 33.4. The molecule has 0 saturated carbocycles. The summed E-state index contributed by atoms with van der Waals surface area (Å²) in [5.41, 5.74) is 15.6. The minimum Gasteiger partial charge on any atom is -0.457 e. The van der Waals surface area contributed by atoms with Crippen LogP contribution in [-0.2, 0) is 21.7 Å². The van der Waals surface area contributed by atoms with Gasteiger partial charge in [0, 0.05) is 33.4 Å². The van der Waals surface area contributed by atoms with Gasteiger partial charge in [-0.05, 0) is 127 Å². The number of hydrogen-bond donors (Lipinski definition) is 0. The summed E-state index contributed by atoms with van der Waals surface area (Å²) in [5, 5.41) is 18.7. The maximum Gasteiger partial charge on any atom is 0.248 e. The molecule has 0 amide bonds. The summed E-state index contributed by atoms with van der Waals surface area (Å²) < 4.78 is 20.1. The highest BCUT2D eigenvalue weighted by molar-refractivity contribution is 5.91. The molecule has 1 aliphatic heterocycles. The van der Waals surface area contributed by atoms with Gasteiger partial charge in [-0.25, -0.2) is 0 Å². The van der Waals surface area contributed by atoms with Crippen LogP contribution < -0.4 is 4.74 Å². The molecule has 0 saturated heterocycles. The lowest BCUT2D eigenvalue weighted by Crippen LogP contribution is -2.45. The molecule has 3 heterocycles. The highest BCUT2D eigenvalue weighted by Crippen LogP contribution is 2.67. The Bertz CT molecular complexity index is 3590. The molecule has 10 aromatic rings. The Morgan fingerprint density at radius 3 is 1.06 bits per heavy atom. The SMILES string of the molecule is CC(C)(C)c1ccc(-c2nnc(-c3ccc4c(c3)C3(c5ccccc5Oc5ccccc53)c3ccc(-c5nnc(-c6ccc(C(C)(C)C)cc6)o5)cc3C43c4ccccc4-c4ccccc43)o2)cc1. The highest BCUT2D eigenvalue weighted by atomic mass is 16.5. The van der Waals surface area contributed by atoms with Gasteiger partial charge in [0.2, 0.25) is 23.6 Å². The minimum atomic E-state index is -0.872. The molecule has 0 atom stereocenters. The fourth-order valence-electron chi connectivity index (χ4n) is 11.4. The zero-order valence-corrected chi connectivity index (χ0v) is 39.3. The summed E-state index contributed by atoms with van der Waals surface area (Å²) in [4.78, 5) is 0. The molecule has 0 radical (unpaired) electrons. The van der Waals surface area contributed by atoms with Crippen LogP contribution in [0.2, 0.25) is 0 Å². The first-order valence-electron chi connectivity index (χ1n) is 23.7. The second-order valence-electron chi connectivity index (χ2n) is 20.7. The van der Waals surface area contributed by atoms with E-state index in [1.807, 2.05) is 12.1 Å². The van der Waals surface area contributed by atoms with Crippen LogP contribution in [-0.4, -0.2) is 20.4 Å². The molecular weight excluding hydrogens is 849 g/mol. The van der Waals surface area contributed by atoms with Gasteiger partial charge >= 0.3 is 0 Å². The average molecular weight is 897 g/mol. The fraction of sp³-hybridized carbons (Fsp3) is 0.161. The second-order valence-corrected chi connectivity index (χ2v) is 20.7. The Morgan fingerprint density at radius 1 is 0.319 bits per heavy atom. The molecular formula is C62H48N4O3. The highest BCUT2D eigenvalue weighted by Gasteiger charge is 2.59. The molecule has 0 unspecified atom stereocenters. The van der Waals surface area contributed by atoms with Crippen molar-refractivity contribution in [1.29, 1.82) is 0 Å². The molecule has 7 nitrogen and oxygen atoms in total. The number of benzene rings is 8. The molecule has 0 N–H and O–H groups in total. The molecule has 7 heteroatoms. The topological polar surface area (TPSA) is 87.1 Å². The van der Waals surface area contributed by atoms with Crippen LogP contribution in [0, 0.1) is 0 Å². The number of fused-ring (bicyclic) bond motifs is 15. The van der Waals surface area contributed by atoms with Crippen LogP contribution in [0.25, 0.3) is 56.9 Å². The summed E-state index contributed by atoms with van der Waals surface area (Å²) >= 11 is 0. The predicted molar refractivity (Wildman–Crippen MR) is 271 cm³/mol. The number of rotatable bonds is 4. The Hall–Kier alpha value is -8.16. The van der Waals surface area contributed by atoms with E-state index in [9.17, 15) is 0 Å². The van der Waals surface area contributed by atoms with E-state index in [0.29, 0.717) is 23.6 Å². The van der Waals surface area contributed by atoms with Crippen molar-refractivity contribution >= 4 is 0 Å². The van der Waals surface area contributed by atoms with E-state index in [1.165, 1.54) is 33.4 Å². The lowest BCUT2D eigenvalue weighted by Gasteiger charge is -2.51. The fourth-order valence-corrected chi connectivity index (χ4v) is 11.4. The zero-order chi connectivity index (χ0) is 46.9. The third-order valence-corrected chi connectivity index (χ3v) is 14.7. The van der Waals surface area contributed by atoms with Crippen LogP contribution >= 0.6 is 0 Å². The van der Waals surface area contributed by atoms with Crippen LogP contribution in [0.4, 0.5) is 0 Å². The van der Waals surface area contributed by atoms with Crippen molar-refractivity contribution in [2.45, 2.75) is 63.2 Å². The van der Waals surface area contributed by atoms with Gasteiger partial charge in [-0.1, -0.05) is 163 Å². The van der Waals surface area contributed by atoms with Crippen LogP contribution in [0.15, 0.2) is 191 Å². The standard InChI is InChI=1S/C62H48N4O3/c1-59(2,3)41-29-23-37(24-30-41)55-63-65-57(68-55)39-28-34-48-51(35-39)61(45-17-9-7-15-43(45)44-16-8-10-18-46(44)61)47-33-27-40(58-66-64-56(69-58)38-25-31-42(32-26-38)60(4,5)6)36-52(47)62(48)49-19-11-13-21-53(49)67-54-22-14-12-20-50(54)62/h7-36H,1-6H3. The Morgan fingerprint density at radius 2 is 0.652 bits per heavy atom. The molecule has 3 aliphatic rings. The van der Waals surface area contributed by atoms with Gasteiger partial charge in [0.25, 0.3) is 0 Å². The molecule has 334 valence electrons. The number of hydrogen-bond acceptors (Lipinski definition) is 7. The summed E-state index contributed by atoms with van der Waals surface area (Å²) in [6.45, 7) is 13.3. The molecule has 13 rings (SSSR count). The van der Waals surface area contributed by atoms with Crippen molar-refractivity contribution in [3.05, 3.63) is 238 Å². The van der Waals surface area contributed by atoms with Gasteiger partial charge in [0.1, 0.15) is 11.5 Å². The van der Waals surface area contributed by atoms with Crippen molar-refractivity contribution in [1.82, 2.24) is 20.4 Å². The van der Waals surface area contributed by atoms with E-state index in [2.05, 4.69) is 222 Å². The smallest absolute Gasteiger partial charge is 0.248 e. The van der Waals surface area contributed by atoms with Crippen LogP contribution in [0.1, 0.15) is 97.2 Å². The first-order valence-corrected chi connectivity index (χ1v) is 23.7. The molecule has 69 heavy (non-hydrogen) atoms. The van der Waals surface area contributed by atoms with Crippen molar-refractivity contribution < 1.29 is 13.6 Å². The van der Waals surface area contributed by atoms with E-state index in [0.717, 1.165) is 67.1 Å². The number of aromatic nitrogens is 4. The van der Waals surface area contributed by atoms with Gasteiger partial charge in [-0.2, -0.15) is 0 Å². The summed E-state index contributed by atoms with van der Waals surface area (Å²) in [7, 11) is 0. The summed E-state index contributed by atoms with van der Waals surface area (Å²) in [5.74, 6) is 3.43. The Kier molecular flexibility index (Phi) is 8.73. The monoisotopic (exact) mass is 896 g/mol. The van der Waals surface area contributed by atoms with Gasteiger partial charge in [-0.3, -0.25) is 0 Å². The van der Waals surface area contributed by atoms with Gasteiger partial charge < -0.3 is 13.6 Å². The minimum absolute atomic E-state index is 0.0205. The molecule has 0 fully saturated rings. The third-order valence-electron chi connectivity index (χ3n) is 14.7. The molecule has 8 aromatic carbocycles. The van der Waals surface area contributed by atoms with E-state index >= 15 is 0 Å². The van der Waals surface area contributed by atoms with Crippen molar-refractivity contribution in [3.8, 4) is 68.4 Å². The van der Waals surface area contributed by atoms with E-state index in [4.69, 9.17) is 23.8 Å². The van der Waals surface area contributed by atoms with Gasteiger partial charge in [0.15, 0.2) is 0 Å². The summed E-state index contributed by atoms with van der Waals surface area (Å²) in [6.07, 6.45) is 0. The normalized spacial score (nSPS) is 14.6. The third kappa shape index (κ3) is 5.92. The lowest BCUT2D eigenvalue weighted by atomic mass is 9.50. The quantitative estimate of drug-likeness (QED) is 0.174. The molecule has 2 aliphatic carbocycles. The zero-order valence-electron chi connectivity index (χ0n) is 39.3. The molecule has 2 aromatic heterocycles. The van der Waals surface area contributed by atoms with E-state index in [1.54, 1.807) is 0 Å². The Balaban J connectivity index is 1.09. The number of nitrogens with zero attached hydrogens (tertiary/aromatic N) is 4. The van der Waals surface area contributed by atoms with Gasteiger partial charge in [-0.15, -0.1) is 20.4 Å². The van der Waals surface area contributed by atoms with Crippen LogP contribution in [0.5, 0.6) is 11.5 Å². The lowest BCUT2D eigenvalue weighted by molar-refractivity contribution is 0.429. The summed E-state index contributed by atoms with van der Waals surface area (Å²) in [6, 6.07) is 65.0. The van der Waals surface area contributed by atoms with Gasteiger partial charge in [0.05, 0.1) is 10.8 Å². The van der Waals surface area contributed by atoms with E-state index < -0.39 is 10.8 Å². The molecule has 0 bridgehead atoms. The average Bonchev–Trinajstić information content (AvgIpc) is 4.14. The maximum absolute atomic E-state index is 6.85. The predicted octanol–water partition coefficient (Wildman–Crippen LogP) is 14.9. The maximum atomic E-state index is 6.85. The van der Waals surface area contributed by atoms with Crippen molar-refractivity contribution in [3.63, 3.8) is 0 Å².